The second-order valence-corrected chi connectivity index (χ2v) is 8.10. The van der Waals surface area contributed by atoms with Crippen LogP contribution in [-0.2, 0) is 24.1 Å². The summed E-state index contributed by atoms with van der Waals surface area (Å²) in [5, 5.41) is 0. The van der Waals surface area contributed by atoms with E-state index in [0.29, 0.717) is 15.7 Å². The number of nitrogens with zero attached hydrogens (tertiary/aromatic N) is 2. The third-order valence-corrected chi connectivity index (χ3v) is 6.37. The summed E-state index contributed by atoms with van der Waals surface area (Å²) in [6.45, 7) is 1.80. The fraction of sp³-hybridized carbons (Fsp3) is 0.188. The molecule has 8 heteroatoms. The van der Waals surface area contributed by atoms with Crippen LogP contribution in [-0.4, -0.2) is 17.6 Å². The van der Waals surface area contributed by atoms with Crippen molar-refractivity contribution in [3.05, 3.63) is 56.9 Å². The first-order valence-corrected chi connectivity index (χ1v) is 9.43. The van der Waals surface area contributed by atoms with E-state index in [9.17, 15) is 13.2 Å². The lowest BCUT2D eigenvalue weighted by Gasteiger charge is -2.12. The van der Waals surface area contributed by atoms with Gasteiger partial charge in [-0.1, -0.05) is 12.1 Å². The highest BCUT2D eigenvalue weighted by atomic mass is 79.9. The number of benzene rings is 2. The number of hydrogen-bond donors (Lipinski definition) is 1. The van der Waals surface area contributed by atoms with E-state index >= 15 is 0 Å². The molecule has 0 radical (unpaired) electrons. The molecule has 24 heavy (non-hydrogen) atoms. The van der Waals surface area contributed by atoms with Crippen LogP contribution in [0.25, 0.3) is 11.0 Å². The van der Waals surface area contributed by atoms with Crippen molar-refractivity contribution in [2.45, 2.75) is 11.8 Å². The summed E-state index contributed by atoms with van der Waals surface area (Å²) < 4.78 is 31.4. The Balaban J connectivity index is 2.14. The number of anilines is 1. The number of nitrogens with one attached hydrogen (secondary N) is 1. The molecule has 126 valence electrons. The predicted molar refractivity (Wildman–Crippen MR) is 97.8 cm³/mol. The molecule has 0 spiro atoms. The van der Waals surface area contributed by atoms with Gasteiger partial charge in [-0.25, -0.2) is 13.2 Å². The van der Waals surface area contributed by atoms with E-state index in [1.807, 2.05) is 0 Å². The highest BCUT2D eigenvalue weighted by Crippen LogP contribution is 2.27. The van der Waals surface area contributed by atoms with Gasteiger partial charge in [-0.15, -0.1) is 0 Å². The number of halogens is 1. The van der Waals surface area contributed by atoms with E-state index in [2.05, 4.69) is 20.7 Å². The van der Waals surface area contributed by atoms with Crippen molar-refractivity contribution in [1.82, 2.24) is 9.13 Å². The fourth-order valence-corrected chi connectivity index (χ4v) is 4.75. The molecule has 1 heterocycles. The third kappa shape index (κ3) is 2.65. The monoisotopic (exact) mass is 409 g/mol. The van der Waals surface area contributed by atoms with Crippen molar-refractivity contribution >= 4 is 42.7 Å². The normalized spacial score (nSPS) is 11.8. The van der Waals surface area contributed by atoms with Crippen molar-refractivity contribution in [3.8, 4) is 0 Å². The number of aryl methyl sites for hydroxylation is 3. The average Bonchev–Trinajstić information content (AvgIpc) is 2.72. The smallest absolute Gasteiger partial charge is 0.295 e. The lowest BCUT2D eigenvalue weighted by Crippen LogP contribution is -2.19. The molecule has 0 aliphatic heterocycles. The number of fused-ring (bicyclic) bond motifs is 1. The maximum absolute atomic E-state index is 12.7. The van der Waals surface area contributed by atoms with Crippen LogP contribution < -0.4 is 10.4 Å². The predicted octanol–water partition coefficient (Wildman–Crippen LogP) is 2.75. The van der Waals surface area contributed by atoms with E-state index < -0.39 is 10.0 Å². The van der Waals surface area contributed by atoms with Gasteiger partial charge in [0, 0.05) is 18.6 Å². The Morgan fingerprint density at radius 2 is 1.62 bits per heavy atom. The molecule has 2 aromatic carbocycles. The van der Waals surface area contributed by atoms with Crippen LogP contribution in [0.3, 0.4) is 0 Å². The van der Waals surface area contributed by atoms with Crippen molar-refractivity contribution in [3.63, 3.8) is 0 Å². The minimum atomic E-state index is -3.74. The molecule has 0 saturated carbocycles. The van der Waals surface area contributed by atoms with Crippen molar-refractivity contribution in [2.75, 3.05) is 4.72 Å². The summed E-state index contributed by atoms with van der Waals surface area (Å²) in [4.78, 5) is 12.2. The maximum atomic E-state index is 12.7. The highest BCUT2D eigenvalue weighted by Gasteiger charge is 2.19. The summed E-state index contributed by atoms with van der Waals surface area (Å²) in [5.74, 6) is 0. The Hall–Kier alpha value is -2.06. The van der Waals surface area contributed by atoms with Gasteiger partial charge in [-0.2, -0.15) is 0 Å². The Morgan fingerprint density at radius 3 is 2.25 bits per heavy atom. The van der Waals surface area contributed by atoms with E-state index in [4.69, 9.17) is 0 Å². The number of aromatic nitrogens is 2. The molecule has 0 amide bonds. The largest absolute Gasteiger partial charge is 0.328 e. The lowest BCUT2D eigenvalue weighted by atomic mass is 10.2. The summed E-state index contributed by atoms with van der Waals surface area (Å²) in [6.07, 6.45) is 0. The van der Waals surface area contributed by atoms with Gasteiger partial charge in [-0.3, -0.25) is 13.9 Å². The van der Waals surface area contributed by atoms with Gasteiger partial charge in [0.2, 0.25) is 0 Å². The van der Waals surface area contributed by atoms with Crippen molar-refractivity contribution in [2.24, 2.45) is 14.1 Å². The zero-order chi connectivity index (χ0) is 17.6. The molecule has 0 aliphatic rings. The van der Waals surface area contributed by atoms with Crippen LogP contribution in [0.1, 0.15) is 5.56 Å². The molecule has 3 rings (SSSR count). The van der Waals surface area contributed by atoms with E-state index in [1.165, 1.54) is 15.2 Å². The van der Waals surface area contributed by atoms with Crippen LogP contribution in [0, 0.1) is 6.92 Å². The first kappa shape index (κ1) is 16.8. The topological polar surface area (TPSA) is 73.1 Å². The van der Waals surface area contributed by atoms with Gasteiger partial charge in [0.05, 0.1) is 16.7 Å². The molecule has 6 nitrogen and oxygen atoms in total. The zero-order valence-electron chi connectivity index (χ0n) is 13.4. The van der Waals surface area contributed by atoms with Crippen LogP contribution in [0.5, 0.6) is 0 Å². The molecule has 1 aromatic heterocycles. The molecule has 0 atom stereocenters. The number of rotatable bonds is 3. The Morgan fingerprint density at radius 1 is 1.04 bits per heavy atom. The van der Waals surface area contributed by atoms with E-state index in [1.54, 1.807) is 51.4 Å². The number of imidazole rings is 1. The van der Waals surface area contributed by atoms with E-state index in [0.717, 1.165) is 11.1 Å². The van der Waals surface area contributed by atoms with Gasteiger partial charge < -0.3 is 0 Å². The third-order valence-electron chi connectivity index (χ3n) is 3.99. The maximum Gasteiger partial charge on any atom is 0.328 e. The molecule has 0 saturated heterocycles. The SMILES string of the molecule is Cc1cc2c(cc1NS(=O)(=O)c1ccccc1Br)n(C)c(=O)n2C. The second kappa shape index (κ2) is 5.78. The Bertz CT molecular complexity index is 1110. The molecule has 0 bridgehead atoms. The zero-order valence-corrected chi connectivity index (χ0v) is 15.8. The summed E-state index contributed by atoms with van der Waals surface area (Å²) in [7, 11) is -0.394. The number of sulfonamides is 1. The van der Waals surface area contributed by atoms with E-state index in [-0.39, 0.29) is 10.6 Å². The Kier molecular flexibility index (Phi) is 4.05. The summed E-state index contributed by atoms with van der Waals surface area (Å²) in [5.41, 5.74) is 2.44. The molecular formula is C16H16BrN3O3S. The average molecular weight is 410 g/mol. The van der Waals surface area contributed by atoms with Crippen LogP contribution in [0.2, 0.25) is 0 Å². The van der Waals surface area contributed by atoms with Gasteiger partial charge in [0.1, 0.15) is 4.90 Å². The van der Waals surface area contributed by atoms with Gasteiger partial charge >= 0.3 is 5.69 Å². The summed E-state index contributed by atoms with van der Waals surface area (Å²) >= 11 is 3.26. The minimum absolute atomic E-state index is 0.157. The quantitative estimate of drug-likeness (QED) is 0.722. The van der Waals surface area contributed by atoms with Gasteiger partial charge in [-0.05, 0) is 52.7 Å². The molecule has 0 aliphatic carbocycles. The van der Waals surface area contributed by atoms with Crippen molar-refractivity contribution in [1.29, 1.82) is 0 Å². The summed E-state index contributed by atoms with van der Waals surface area (Å²) in [6, 6.07) is 10.1. The molecule has 0 unspecified atom stereocenters. The Labute approximate surface area is 147 Å². The van der Waals surface area contributed by atoms with Crippen LogP contribution in [0.15, 0.2) is 50.6 Å². The molecule has 1 N–H and O–H groups in total. The fourth-order valence-electron chi connectivity index (χ4n) is 2.62. The minimum Gasteiger partial charge on any atom is -0.295 e. The van der Waals surface area contributed by atoms with Gasteiger partial charge in [0.15, 0.2) is 0 Å². The molecule has 0 fully saturated rings. The first-order chi connectivity index (χ1) is 11.2. The van der Waals surface area contributed by atoms with Crippen LogP contribution in [0.4, 0.5) is 5.69 Å². The lowest BCUT2D eigenvalue weighted by molar-refractivity contribution is 0.600. The number of hydrogen-bond acceptors (Lipinski definition) is 3. The highest BCUT2D eigenvalue weighted by molar-refractivity contribution is 9.10. The van der Waals surface area contributed by atoms with Gasteiger partial charge in [0.25, 0.3) is 10.0 Å². The standard InChI is InChI=1S/C16H16BrN3O3S/c1-10-8-13-14(20(3)16(21)19(13)2)9-12(10)18-24(22,23)15-7-5-4-6-11(15)17/h4-9,18H,1-3H3. The molecule has 3 aromatic rings. The van der Waals surface area contributed by atoms with Crippen LogP contribution >= 0.6 is 15.9 Å². The second-order valence-electron chi connectivity index (χ2n) is 5.59. The first-order valence-electron chi connectivity index (χ1n) is 7.16. The molecular weight excluding hydrogens is 394 g/mol. The van der Waals surface area contributed by atoms with Crippen molar-refractivity contribution < 1.29 is 8.42 Å².